The molecule has 8 heteroatoms. The number of carboxylic acids is 1. The molecule has 0 aromatic carbocycles. The zero-order valence-electron chi connectivity index (χ0n) is 10.7. The number of rotatable bonds is 2. The van der Waals surface area contributed by atoms with Crippen molar-refractivity contribution in [3.8, 4) is 0 Å². The third kappa shape index (κ3) is 2.79. The number of nitrogens with zero attached hydrogens (tertiary/aromatic N) is 1. The Bertz CT molecular complexity index is 632. The number of aliphatic carboxylic acids is 1. The normalized spacial score (nSPS) is 19.4. The molecule has 1 saturated heterocycles. The Kier molecular flexibility index (Phi) is 4.02. The van der Waals surface area contributed by atoms with Crippen molar-refractivity contribution < 1.29 is 14.7 Å². The standard InChI is InChI=1S/C12H15N3O5/c16-9-7(6-13-12(20)14-9)10(17)15-5-3-1-2-4-8(15)11(18)19/h6,8H,1-5H2,(H,18,19)(H2,13,14,16,20). The summed E-state index contributed by atoms with van der Waals surface area (Å²) in [4.78, 5) is 51.5. The molecule has 1 aliphatic rings. The Labute approximate surface area is 113 Å². The van der Waals surface area contributed by atoms with E-state index in [0.29, 0.717) is 12.8 Å². The van der Waals surface area contributed by atoms with Crippen LogP contribution in [0, 0.1) is 0 Å². The highest BCUT2D eigenvalue weighted by Gasteiger charge is 2.32. The van der Waals surface area contributed by atoms with Crippen molar-refractivity contribution in [1.29, 1.82) is 0 Å². The van der Waals surface area contributed by atoms with Gasteiger partial charge in [-0.1, -0.05) is 12.8 Å². The zero-order chi connectivity index (χ0) is 14.7. The molecule has 1 fully saturated rings. The van der Waals surface area contributed by atoms with Gasteiger partial charge < -0.3 is 15.0 Å². The molecule has 1 atom stereocenters. The third-order valence-corrected chi connectivity index (χ3v) is 3.35. The minimum atomic E-state index is -1.08. The second kappa shape index (κ2) is 5.72. The van der Waals surface area contributed by atoms with E-state index >= 15 is 0 Å². The van der Waals surface area contributed by atoms with E-state index in [1.807, 2.05) is 4.98 Å². The molecule has 2 heterocycles. The van der Waals surface area contributed by atoms with Crippen molar-refractivity contribution in [1.82, 2.24) is 14.9 Å². The van der Waals surface area contributed by atoms with Crippen LogP contribution in [0.1, 0.15) is 36.0 Å². The number of hydrogen-bond acceptors (Lipinski definition) is 4. The van der Waals surface area contributed by atoms with Crippen molar-refractivity contribution in [3.63, 3.8) is 0 Å². The predicted octanol–water partition coefficient (Wildman–Crippen LogP) is -0.467. The molecule has 20 heavy (non-hydrogen) atoms. The molecule has 0 bridgehead atoms. The molecule has 1 unspecified atom stereocenters. The molecule has 1 aliphatic heterocycles. The first-order valence-electron chi connectivity index (χ1n) is 6.36. The van der Waals surface area contributed by atoms with Crippen LogP contribution in [0.5, 0.6) is 0 Å². The largest absolute Gasteiger partial charge is 0.480 e. The molecule has 1 aromatic heterocycles. The number of carboxylic acid groups (broad SMARTS) is 1. The maximum absolute atomic E-state index is 12.3. The van der Waals surface area contributed by atoms with Crippen molar-refractivity contribution in [2.24, 2.45) is 0 Å². The number of carbonyl (C=O) groups is 2. The number of aromatic amines is 2. The maximum atomic E-state index is 12.3. The van der Waals surface area contributed by atoms with Gasteiger partial charge in [0, 0.05) is 12.7 Å². The van der Waals surface area contributed by atoms with Crippen molar-refractivity contribution >= 4 is 11.9 Å². The van der Waals surface area contributed by atoms with E-state index < -0.39 is 29.2 Å². The average Bonchev–Trinajstić information content (AvgIpc) is 2.63. The van der Waals surface area contributed by atoms with Gasteiger partial charge in [-0.15, -0.1) is 0 Å². The molecule has 0 saturated carbocycles. The first-order chi connectivity index (χ1) is 9.50. The monoisotopic (exact) mass is 281 g/mol. The average molecular weight is 281 g/mol. The number of nitrogens with one attached hydrogen (secondary N) is 2. The SMILES string of the molecule is O=C(O)C1CCCCCN1C(=O)c1c[nH]c(=O)[nH]c1=O. The fourth-order valence-corrected chi connectivity index (χ4v) is 2.33. The highest BCUT2D eigenvalue weighted by molar-refractivity contribution is 5.96. The topological polar surface area (TPSA) is 123 Å². The van der Waals surface area contributed by atoms with E-state index in [2.05, 4.69) is 4.98 Å². The lowest BCUT2D eigenvalue weighted by Crippen LogP contribution is -2.46. The fourth-order valence-electron chi connectivity index (χ4n) is 2.33. The van der Waals surface area contributed by atoms with Gasteiger partial charge in [0.05, 0.1) is 0 Å². The Balaban J connectivity index is 2.35. The Morgan fingerprint density at radius 1 is 1.25 bits per heavy atom. The Morgan fingerprint density at radius 2 is 2.00 bits per heavy atom. The summed E-state index contributed by atoms with van der Waals surface area (Å²) in [6.07, 6.45) is 3.64. The minimum Gasteiger partial charge on any atom is -0.480 e. The molecule has 3 N–H and O–H groups in total. The first kappa shape index (κ1) is 14.0. The molecule has 2 rings (SSSR count). The van der Waals surface area contributed by atoms with Gasteiger partial charge in [-0.3, -0.25) is 14.6 Å². The third-order valence-electron chi connectivity index (χ3n) is 3.35. The lowest BCUT2D eigenvalue weighted by Gasteiger charge is -2.26. The summed E-state index contributed by atoms with van der Waals surface area (Å²) < 4.78 is 0. The molecule has 0 aliphatic carbocycles. The van der Waals surface area contributed by atoms with E-state index in [1.54, 1.807) is 0 Å². The number of amides is 1. The van der Waals surface area contributed by atoms with Crippen molar-refractivity contribution in [3.05, 3.63) is 32.6 Å². The fraction of sp³-hybridized carbons (Fsp3) is 0.500. The Hall–Kier alpha value is -2.38. The number of H-pyrrole nitrogens is 2. The highest BCUT2D eigenvalue weighted by atomic mass is 16.4. The van der Waals surface area contributed by atoms with Crippen LogP contribution in [0.25, 0.3) is 0 Å². The summed E-state index contributed by atoms with van der Waals surface area (Å²) in [5.41, 5.74) is -1.78. The molecule has 1 aromatic rings. The van der Waals surface area contributed by atoms with Gasteiger partial charge in [0.1, 0.15) is 11.6 Å². The van der Waals surface area contributed by atoms with E-state index in [4.69, 9.17) is 0 Å². The van der Waals surface area contributed by atoms with Crippen LogP contribution in [-0.4, -0.2) is 44.4 Å². The van der Waals surface area contributed by atoms with Crippen LogP contribution >= 0.6 is 0 Å². The van der Waals surface area contributed by atoms with Crippen molar-refractivity contribution in [2.45, 2.75) is 31.7 Å². The van der Waals surface area contributed by atoms with E-state index in [0.717, 1.165) is 19.0 Å². The van der Waals surface area contributed by atoms with E-state index in [1.165, 1.54) is 4.90 Å². The van der Waals surface area contributed by atoms with Gasteiger partial charge in [0.15, 0.2) is 0 Å². The van der Waals surface area contributed by atoms with Gasteiger partial charge in [-0.25, -0.2) is 9.59 Å². The second-order valence-electron chi connectivity index (χ2n) is 4.69. The lowest BCUT2D eigenvalue weighted by molar-refractivity contribution is -0.142. The zero-order valence-corrected chi connectivity index (χ0v) is 10.7. The van der Waals surface area contributed by atoms with Crippen LogP contribution in [0.3, 0.4) is 0 Å². The summed E-state index contributed by atoms with van der Waals surface area (Å²) in [7, 11) is 0. The van der Waals surface area contributed by atoms with Crippen LogP contribution in [-0.2, 0) is 4.79 Å². The van der Waals surface area contributed by atoms with Crippen LogP contribution in [0.4, 0.5) is 0 Å². The number of carbonyl (C=O) groups excluding carboxylic acids is 1. The van der Waals surface area contributed by atoms with Crippen LogP contribution in [0.2, 0.25) is 0 Å². The lowest BCUT2D eigenvalue weighted by atomic mass is 10.1. The van der Waals surface area contributed by atoms with Gasteiger partial charge in [0.2, 0.25) is 0 Å². The van der Waals surface area contributed by atoms with Gasteiger partial charge in [-0.05, 0) is 12.8 Å². The molecule has 8 nitrogen and oxygen atoms in total. The smallest absolute Gasteiger partial charge is 0.326 e. The van der Waals surface area contributed by atoms with Gasteiger partial charge >= 0.3 is 11.7 Å². The number of hydrogen-bond donors (Lipinski definition) is 3. The van der Waals surface area contributed by atoms with Crippen LogP contribution < -0.4 is 11.2 Å². The highest BCUT2D eigenvalue weighted by Crippen LogP contribution is 2.18. The number of likely N-dealkylation sites (tertiary alicyclic amines) is 1. The van der Waals surface area contributed by atoms with Gasteiger partial charge in [0.25, 0.3) is 11.5 Å². The predicted molar refractivity (Wildman–Crippen MR) is 68.6 cm³/mol. The maximum Gasteiger partial charge on any atom is 0.326 e. The van der Waals surface area contributed by atoms with Gasteiger partial charge in [-0.2, -0.15) is 0 Å². The molecule has 0 radical (unpaired) electrons. The summed E-state index contributed by atoms with van der Waals surface area (Å²) in [6, 6.07) is -0.934. The summed E-state index contributed by atoms with van der Waals surface area (Å²) in [5, 5.41) is 9.21. The Morgan fingerprint density at radius 3 is 2.65 bits per heavy atom. The second-order valence-corrected chi connectivity index (χ2v) is 4.69. The first-order valence-corrected chi connectivity index (χ1v) is 6.36. The molecular formula is C12H15N3O5. The van der Waals surface area contributed by atoms with E-state index in [-0.39, 0.29) is 12.1 Å². The van der Waals surface area contributed by atoms with Crippen molar-refractivity contribution in [2.75, 3.05) is 6.54 Å². The molecule has 1 amide bonds. The molecule has 108 valence electrons. The summed E-state index contributed by atoms with van der Waals surface area (Å²) in [5.74, 6) is -1.75. The van der Waals surface area contributed by atoms with Crippen LogP contribution in [0.15, 0.2) is 15.8 Å². The van der Waals surface area contributed by atoms with E-state index in [9.17, 15) is 24.3 Å². The summed E-state index contributed by atoms with van der Waals surface area (Å²) >= 11 is 0. The molecular weight excluding hydrogens is 266 g/mol. The quantitative estimate of drug-likeness (QED) is 0.676. The number of aromatic nitrogens is 2. The molecule has 0 spiro atoms. The summed E-state index contributed by atoms with van der Waals surface area (Å²) in [6.45, 7) is 0.286. The minimum absolute atomic E-state index is 0.252.